The first-order chi connectivity index (χ1) is 9.59. The molecule has 0 bridgehead atoms. The Kier molecular flexibility index (Phi) is 2.57. The summed E-state index contributed by atoms with van der Waals surface area (Å²) in [6, 6.07) is 3.53. The monoisotopic (exact) mass is 270 g/mol. The van der Waals surface area contributed by atoms with Crippen molar-refractivity contribution in [3.8, 4) is 0 Å². The number of hydrogen-bond donors (Lipinski definition) is 2. The molecule has 0 saturated carbocycles. The van der Waals surface area contributed by atoms with Gasteiger partial charge in [0.05, 0.1) is 11.4 Å². The quantitative estimate of drug-likeness (QED) is 0.744. The second-order valence-corrected chi connectivity index (χ2v) is 4.26. The number of hydrogen-bond acceptors (Lipinski definition) is 2. The average Bonchev–Trinajstić information content (AvgIpc) is 2.45. The highest BCUT2D eigenvalue weighted by molar-refractivity contribution is 6.01. The van der Waals surface area contributed by atoms with E-state index in [1.807, 2.05) is 0 Å². The van der Waals surface area contributed by atoms with Crippen LogP contribution in [0.15, 0.2) is 36.7 Å². The zero-order valence-electron chi connectivity index (χ0n) is 10.2. The molecule has 2 heterocycles. The fourth-order valence-corrected chi connectivity index (χ4v) is 2.32. The van der Waals surface area contributed by atoms with Gasteiger partial charge in [0.2, 0.25) is 0 Å². The third kappa shape index (κ3) is 1.66. The molecule has 2 aliphatic heterocycles. The SMILES string of the molecule is O=C(O)N1C=CC=c2ccc3c(c21)N(C(=O)O)C=CC=3. The van der Waals surface area contributed by atoms with Crippen molar-refractivity contribution in [3.63, 3.8) is 0 Å². The van der Waals surface area contributed by atoms with Crippen molar-refractivity contribution in [2.75, 3.05) is 9.80 Å². The maximum Gasteiger partial charge on any atom is 0.416 e. The highest BCUT2D eigenvalue weighted by Gasteiger charge is 2.25. The summed E-state index contributed by atoms with van der Waals surface area (Å²) in [4.78, 5) is 24.7. The van der Waals surface area contributed by atoms with Gasteiger partial charge in [-0.25, -0.2) is 9.59 Å². The highest BCUT2D eigenvalue weighted by Crippen LogP contribution is 2.26. The summed E-state index contributed by atoms with van der Waals surface area (Å²) in [7, 11) is 0. The molecular formula is C14H10N2O4. The second kappa shape index (κ2) is 4.27. The van der Waals surface area contributed by atoms with Gasteiger partial charge in [-0.1, -0.05) is 24.3 Å². The third-order valence-corrected chi connectivity index (χ3v) is 3.13. The van der Waals surface area contributed by atoms with E-state index in [9.17, 15) is 19.8 Å². The van der Waals surface area contributed by atoms with E-state index in [4.69, 9.17) is 0 Å². The largest absolute Gasteiger partial charge is 0.464 e. The summed E-state index contributed by atoms with van der Waals surface area (Å²) in [6.45, 7) is 0. The van der Waals surface area contributed by atoms with E-state index in [0.29, 0.717) is 21.8 Å². The van der Waals surface area contributed by atoms with Gasteiger partial charge >= 0.3 is 12.2 Å². The lowest BCUT2D eigenvalue weighted by Gasteiger charge is -2.27. The Balaban J connectivity index is 2.37. The van der Waals surface area contributed by atoms with E-state index in [0.717, 1.165) is 9.80 Å². The van der Waals surface area contributed by atoms with Crippen LogP contribution in [0.2, 0.25) is 0 Å². The predicted octanol–water partition coefficient (Wildman–Crippen LogP) is 1.27. The molecule has 6 nitrogen and oxygen atoms in total. The molecule has 0 aliphatic carbocycles. The molecule has 6 heteroatoms. The number of amides is 2. The van der Waals surface area contributed by atoms with Crippen LogP contribution in [-0.2, 0) is 0 Å². The first-order valence-electron chi connectivity index (χ1n) is 5.84. The van der Waals surface area contributed by atoms with Crippen molar-refractivity contribution in [2.24, 2.45) is 0 Å². The third-order valence-electron chi connectivity index (χ3n) is 3.13. The lowest BCUT2D eigenvalue weighted by atomic mass is 10.1. The molecule has 1 aromatic rings. The van der Waals surface area contributed by atoms with Crippen LogP contribution >= 0.6 is 0 Å². The Morgan fingerprint density at radius 1 is 0.800 bits per heavy atom. The lowest BCUT2D eigenvalue weighted by molar-refractivity contribution is 0.202. The Labute approximate surface area is 113 Å². The van der Waals surface area contributed by atoms with Gasteiger partial charge in [-0.05, 0) is 12.2 Å². The Morgan fingerprint density at radius 3 is 1.55 bits per heavy atom. The molecule has 2 aliphatic rings. The van der Waals surface area contributed by atoms with Gasteiger partial charge in [-0.3, -0.25) is 9.80 Å². The summed E-state index contributed by atoms with van der Waals surface area (Å²) < 4.78 is 0. The van der Waals surface area contributed by atoms with E-state index in [1.54, 1.807) is 36.4 Å². The van der Waals surface area contributed by atoms with Gasteiger partial charge in [0, 0.05) is 22.8 Å². The van der Waals surface area contributed by atoms with Gasteiger partial charge in [0.15, 0.2) is 0 Å². The van der Waals surface area contributed by atoms with E-state index in [1.165, 1.54) is 12.4 Å². The van der Waals surface area contributed by atoms with Crippen LogP contribution in [-0.4, -0.2) is 22.4 Å². The number of carboxylic acid groups (broad SMARTS) is 2. The molecule has 1 aromatic carbocycles. The number of nitrogens with zero attached hydrogens (tertiary/aromatic N) is 2. The molecule has 2 amide bonds. The van der Waals surface area contributed by atoms with Crippen LogP contribution < -0.4 is 20.2 Å². The van der Waals surface area contributed by atoms with E-state index in [-0.39, 0.29) is 0 Å². The lowest BCUT2D eigenvalue weighted by Crippen LogP contribution is -2.38. The van der Waals surface area contributed by atoms with Crippen molar-refractivity contribution in [3.05, 3.63) is 47.1 Å². The maximum absolute atomic E-state index is 11.3. The van der Waals surface area contributed by atoms with Gasteiger partial charge in [-0.2, -0.15) is 0 Å². The number of allylic oxidation sites excluding steroid dienone is 2. The van der Waals surface area contributed by atoms with Crippen molar-refractivity contribution in [1.82, 2.24) is 0 Å². The maximum atomic E-state index is 11.3. The Hall–Kier alpha value is -3.02. The van der Waals surface area contributed by atoms with Crippen molar-refractivity contribution < 1.29 is 19.8 Å². The summed E-state index contributed by atoms with van der Waals surface area (Å²) in [5.41, 5.74) is 0.695. The zero-order chi connectivity index (χ0) is 14.3. The summed E-state index contributed by atoms with van der Waals surface area (Å²) in [6.07, 6.45) is 7.16. The molecule has 2 N–H and O–H groups in total. The van der Waals surface area contributed by atoms with Crippen LogP contribution in [0.4, 0.5) is 21.0 Å². The normalized spacial score (nSPS) is 15.0. The van der Waals surface area contributed by atoms with Crippen LogP contribution in [0, 0.1) is 0 Å². The smallest absolute Gasteiger partial charge is 0.416 e. The van der Waals surface area contributed by atoms with Gasteiger partial charge < -0.3 is 10.2 Å². The molecule has 0 saturated heterocycles. The first-order valence-corrected chi connectivity index (χ1v) is 5.84. The second-order valence-electron chi connectivity index (χ2n) is 4.26. The Bertz CT molecular complexity index is 725. The number of fused-ring (bicyclic) bond motifs is 3. The molecule has 20 heavy (non-hydrogen) atoms. The van der Waals surface area contributed by atoms with Crippen LogP contribution in [0.25, 0.3) is 12.2 Å². The number of carbonyl (C=O) groups is 2. The summed E-state index contributed by atoms with van der Waals surface area (Å²) in [5, 5.41) is 19.9. The topological polar surface area (TPSA) is 81.1 Å². The van der Waals surface area contributed by atoms with E-state index >= 15 is 0 Å². The minimum Gasteiger partial charge on any atom is -0.464 e. The minimum absolute atomic E-state index is 0.348. The zero-order valence-corrected chi connectivity index (χ0v) is 10.2. The summed E-state index contributed by atoms with van der Waals surface area (Å²) >= 11 is 0. The Morgan fingerprint density at radius 2 is 1.20 bits per heavy atom. The van der Waals surface area contributed by atoms with E-state index in [2.05, 4.69) is 0 Å². The standard InChI is InChI=1S/C14H10N2O4/c17-13(18)15-7-1-3-9-5-6-10-4-2-8-16(14(19)20)12(10)11(9)15/h1-8H,(H,17,18)(H,19,20). The van der Waals surface area contributed by atoms with Crippen LogP contribution in [0.5, 0.6) is 0 Å². The number of rotatable bonds is 0. The van der Waals surface area contributed by atoms with Crippen molar-refractivity contribution in [1.29, 1.82) is 0 Å². The molecule has 0 unspecified atom stereocenters. The summed E-state index contributed by atoms with van der Waals surface area (Å²) in [5.74, 6) is 0. The average molecular weight is 270 g/mol. The molecule has 0 fully saturated rings. The molecule has 0 atom stereocenters. The fourth-order valence-electron chi connectivity index (χ4n) is 2.32. The number of benzene rings is 1. The molecule has 100 valence electrons. The molecule has 0 spiro atoms. The van der Waals surface area contributed by atoms with Gasteiger partial charge in [-0.15, -0.1) is 0 Å². The minimum atomic E-state index is -1.16. The first kappa shape index (κ1) is 12.0. The van der Waals surface area contributed by atoms with Gasteiger partial charge in [0.25, 0.3) is 0 Å². The molecule has 3 rings (SSSR count). The molecular weight excluding hydrogens is 260 g/mol. The predicted molar refractivity (Wildman–Crippen MR) is 73.9 cm³/mol. The van der Waals surface area contributed by atoms with Crippen LogP contribution in [0.1, 0.15) is 0 Å². The van der Waals surface area contributed by atoms with Gasteiger partial charge in [0.1, 0.15) is 0 Å². The molecule has 0 radical (unpaired) electrons. The van der Waals surface area contributed by atoms with Crippen molar-refractivity contribution >= 4 is 35.7 Å². The number of anilines is 2. The van der Waals surface area contributed by atoms with E-state index < -0.39 is 12.2 Å². The molecule has 0 aromatic heterocycles. The fraction of sp³-hybridized carbons (Fsp3) is 0. The highest BCUT2D eigenvalue weighted by atomic mass is 16.4. The van der Waals surface area contributed by atoms with Crippen LogP contribution in [0.3, 0.4) is 0 Å². The van der Waals surface area contributed by atoms with Crippen molar-refractivity contribution in [2.45, 2.75) is 0 Å².